The summed E-state index contributed by atoms with van der Waals surface area (Å²) in [7, 11) is 1.40. The number of aromatic nitrogens is 2. The summed E-state index contributed by atoms with van der Waals surface area (Å²) in [5.41, 5.74) is 6.52. The summed E-state index contributed by atoms with van der Waals surface area (Å²) in [6, 6.07) is 4.12. The van der Waals surface area contributed by atoms with E-state index in [-0.39, 0.29) is 11.8 Å². The molecule has 19 heavy (non-hydrogen) atoms. The molecule has 102 valence electrons. The smallest absolute Gasteiger partial charge is 0.243 e. The maximum absolute atomic E-state index is 13.3. The molecular formula is C13H16FN3O2. The van der Waals surface area contributed by atoms with E-state index in [0.717, 1.165) is 12.8 Å². The molecule has 2 rings (SSSR count). The zero-order valence-corrected chi connectivity index (χ0v) is 10.9. The van der Waals surface area contributed by atoms with Gasteiger partial charge in [-0.2, -0.15) is 4.98 Å². The second-order valence-electron chi connectivity index (χ2n) is 4.20. The maximum atomic E-state index is 13.3. The summed E-state index contributed by atoms with van der Waals surface area (Å²) in [5, 5.41) is 3.85. The van der Waals surface area contributed by atoms with E-state index in [1.165, 1.54) is 19.2 Å². The molecular weight excluding hydrogens is 249 g/mol. The average molecular weight is 265 g/mol. The Kier molecular flexibility index (Phi) is 4.11. The van der Waals surface area contributed by atoms with Crippen LogP contribution in [0.25, 0.3) is 11.4 Å². The first-order valence-electron chi connectivity index (χ1n) is 6.08. The van der Waals surface area contributed by atoms with E-state index in [1.807, 2.05) is 6.92 Å². The Hall–Kier alpha value is -1.95. The molecule has 2 aromatic rings. The number of benzene rings is 1. The Balaban J connectivity index is 2.27. The van der Waals surface area contributed by atoms with Crippen LogP contribution in [0.15, 0.2) is 22.7 Å². The minimum atomic E-state index is -0.433. The summed E-state index contributed by atoms with van der Waals surface area (Å²) in [6.45, 7) is 2.03. The Labute approximate surface area is 110 Å². The molecule has 0 spiro atoms. The topological polar surface area (TPSA) is 74.2 Å². The van der Waals surface area contributed by atoms with Gasteiger partial charge in [-0.1, -0.05) is 18.5 Å². The van der Waals surface area contributed by atoms with Crippen molar-refractivity contribution in [2.75, 3.05) is 7.11 Å². The van der Waals surface area contributed by atoms with Gasteiger partial charge in [-0.05, 0) is 24.6 Å². The van der Waals surface area contributed by atoms with Gasteiger partial charge >= 0.3 is 0 Å². The number of hydrogen-bond donors (Lipinski definition) is 1. The van der Waals surface area contributed by atoms with Gasteiger partial charge in [0.05, 0.1) is 13.2 Å². The summed E-state index contributed by atoms with van der Waals surface area (Å²) in [6.07, 6.45) is 1.71. The number of ether oxygens (including phenoxy) is 1. The second-order valence-corrected chi connectivity index (χ2v) is 4.20. The molecule has 1 aromatic heterocycles. The fraction of sp³-hybridized carbons (Fsp3) is 0.385. The molecule has 0 amide bonds. The van der Waals surface area contributed by atoms with Crippen molar-refractivity contribution < 1.29 is 13.7 Å². The van der Waals surface area contributed by atoms with Gasteiger partial charge in [0, 0.05) is 5.56 Å². The normalized spacial score (nSPS) is 12.4. The first kappa shape index (κ1) is 13.5. The van der Waals surface area contributed by atoms with Crippen molar-refractivity contribution in [3.63, 3.8) is 0 Å². The van der Waals surface area contributed by atoms with Crippen LogP contribution in [0.4, 0.5) is 4.39 Å². The monoisotopic (exact) mass is 265 g/mol. The van der Waals surface area contributed by atoms with E-state index < -0.39 is 5.82 Å². The molecule has 2 N–H and O–H groups in total. The Morgan fingerprint density at radius 3 is 2.95 bits per heavy atom. The predicted octanol–water partition coefficient (Wildman–Crippen LogP) is 2.68. The van der Waals surface area contributed by atoms with Crippen LogP contribution in [0.2, 0.25) is 0 Å². The lowest BCUT2D eigenvalue weighted by Gasteiger charge is -2.03. The lowest BCUT2D eigenvalue weighted by molar-refractivity contribution is 0.348. The average Bonchev–Trinajstić information content (AvgIpc) is 2.89. The van der Waals surface area contributed by atoms with Crippen molar-refractivity contribution in [1.29, 1.82) is 0 Å². The molecule has 0 fully saturated rings. The molecule has 6 heteroatoms. The Morgan fingerprint density at radius 2 is 2.26 bits per heavy atom. The minimum absolute atomic E-state index is 0.140. The van der Waals surface area contributed by atoms with Gasteiger partial charge in [0.1, 0.15) is 0 Å². The lowest BCUT2D eigenvalue weighted by Crippen LogP contribution is -2.09. The molecule has 5 nitrogen and oxygen atoms in total. The third-order valence-corrected chi connectivity index (χ3v) is 2.77. The van der Waals surface area contributed by atoms with E-state index in [4.69, 9.17) is 15.0 Å². The zero-order chi connectivity index (χ0) is 13.8. The van der Waals surface area contributed by atoms with Gasteiger partial charge in [-0.15, -0.1) is 0 Å². The van der Waals surface area contributed by atoms with Crippen molar-refractivity contribution >= 4 is 0 Å². The third-order valence-electron chi connectivity index (χ3n) is 2.77. The molecule has 0 aliphatic carbocycles. The van der Waals surface area contributed by atoms with Gasteiger partial charge in [0.15, 0.2) is 11.6 Å². The number of halogens is 1. The van der Waals surface area contributed by atoms with E-state index in [0.29, 0.717) is 17.3 Å². The highest BCUT2D eigenvalue weighted by Crippen LogP contribution is 2.25. The van der Waals surface area contributed by atoms with Gasteiger partial charge < -0.3 is 15.0 Å². The fourth-order valence-corrected chi connectivity index (χ4v) is 1.74. The number of nitrogens with zero attached hydrogens (tertiary/aromatic N) is 2. The van der Waals surface area contributed by atoms with Crippen molar-refractivity contribution in [2.45, 2.75) is 25.8 Å². The molecule has 0 radical (unpaired) electrons. The number of hydrogen-bond acceptors (Lipinski definition) is 5. The summed E-state index contributed by atoms with van der Waals surface area (Å²) >= 11 is 0. The van der Waals surface area contributed by atoms with Gasteiger partial charge in [0.25, 0.3) is 0 Å². The molecule has 0 bridgehead atoms. The van der Waals surface area contributed by atoms with Crippen LogP contribution < -0.4 is 10.5 Å². The van der Waals surface area contributed by atoms with E-state index in [2.05, 4.69) is 10.1 Å². The van der Waals surface area contributed by atoms with Crippen LogP contribution in [-0.2, 0) is 0 Å². The molecule has 0 aliphatic rings. The van der Waals surface area contributed by atoms with Crippen LogP contribution >= 0.6 is 0 Å². The van der Waals surface area contributed by atoms with Crippen LogP contribution in [0.3, 0.4) is 0 Å². The van der Waals surface area contributed by atoms with Gasteiger partial charge in [0.2, 0.25) is 11.7 Å². The van der Waals surface area contributed by atoms with Crippen molar-refractivity contribution in [1.82, 2.24) is 10.1 Å². The highest BCUT2D eigenvalue weighted by molar-refractivity contribution is 5.57. The zero-order valence-electron chi connectivity index (χ0n) is 10.9. The highest BCUT2D eigenvalue weighted by atomic mass is 19.1. The van der Waals surface area contributed by atoms with E-state index in [9.17, 15) is 4.39 Å². The quantitative estimate of drug-likeness (QED) is 0.899. The van der Waals surface area contributed by atoms with Crippen molar-refractivity contribution in [3.8, 4) is 17.1 Å². The van der Waals surface area contributed by atoms with Crippen LogP contribution in [0.5, 0.6) is 5.75 Å². The van der Waals surface area contributed by atoms with Gasteiger partial charge in [-0.3, -0.25) is 0 Å². The molecule has 1 heterocycles. The largest absolute Gasteiger partial charge is 0.494 e. The number of rotatable bonds is 5. The first-order chi connectivity index (χ1) is 9.15. The SMILES string of the molecule is CCC[C@H](N)c1nc(-c2ccc(F)c(OC)c2)no1. The maximum Gasteiger partial charge on any atom is 0.243 e. The summed E-state index contributed by atoms with van der Waals surface area (Å²) in [4.78, 5) is 4.22. The van der Waals surface area contributed by atoms with Crippen molar-refractivity contribution in [3.05, 3.63) is 29.9 Å². The van der Waals surface area contributed by atoms with Crippen LogP contribution in [0, 0.1) is 5.82 Å². The molecule has 1 aromatic carbocycles. The van der Waals surface area contributed by atoms with Crippen molar-refractivity contribution in [2.24, 2.45) is 5.73 Å². The second kappa shape index (κ2) is 5.79. The number of methoxy groups -OCH3 is 1. The Morgan fingerprint density at radius 1 is 1.47 bits per heavy atom. The summed E-state index contributed by atoms with van der Waals surface area (Å²) in [5.74, 6) is 0.472. The molecule has 0 saturated carbocycles. The third kappa shape index (κ3) is 2.90. The molecule has 1 atom stereocenters. The predicted molar refractivity (Wildman–Crippen MR) is 68.1 cm³/mol. The first-order valence-corrected chi connectivity index (χ1v) is 6.08. The summed E-state index contributed by atoms with van der Waals surface area (Å²) < 4.78 is 23.3. The molecule has 0 saturated heterocycles. The fourth-order valence-electron chi connectivity index (χ4n) is 1.74. The van der Waals surface area contributed by atoms with Crippen LogP contribution in [0.1, 0.15) is 31.7 Å². The van der Waals surface area contributed by atoms with E-state index in [1.54, 1.807) is 6.07 Å². The Bertz CT molecular complexity index is 557. The standard InChI is InChI=1S/C13H16FN3O2/c1-3-4-10(15)13-16-12(17-19-13)8-5-6-9(14)11(7-8)18-2/h5-7,10H,3-4,15H2,1-2H3/t10-/m0/s1. The molecule has 0 unspecified atom stereocenters. The number of nitrogens with two attached hydrogens (primary N) is 1. The lowest BCUT2D eigenvalue weighted by atomic mass is 10.2. The highest BCUT2D eigenvalue weighted by Gasteiger charge is 2.16. The molecule has 0 aliphatic heterocycles. The van der Waals surface area contributed by atoms with Gasteiger partial charge in [-0.25, -0.2) is 4.39 Å². The van der Waals surface area contributed by atoms with E-state index >= 15 is 0 Å². The minimum Gasteiger partial charge on any atom is -0.494 e. The van der Waals surface area contributed by atoms with Crippen LogP contribution in [-0.4, -0.2) is 17.3 Å².